The van der Waals surface area contributed by atoms with Crippen LogP contribution in [0.2, 0.25) is 0 Å². The third kappa shape index (κ3) is 3.93. The second-order valence-electron chi connectivity index (χ2n) is 7.60. The molecule has 1 aliphatic carbocycles. The highest BCUT2D eigenvalue weighted by Gasteiger charge is 2.52. The quantitative estimate of drug-likeness (QED) is 0.528. The Labute approximate surface area is 183 Å². The summed E-state index contributed by atoms with van der Waals surface area (Å²) in [6.07, 6.45) is 2.92. The first-order chi connectivity index (χ1) is 14.9. The molecule has 1 saturated heterocycles. The second-order valence-corrected chi connectivity index (χ2v) is 8.48. The van der Waals surface area contributed by atoms with Crippen LogP contribution in [0.4, 0.5) is 9.80 Å². The molecule has 0 radical (unpaired) electrons. The predicted molar refractivity (Wildman–Crippen MR) is 116 cm³/mol. The summed E-state index contributed by atoms with van der Waals surface area (Å²) in [5.74, 6) is -1.45. The lowest BCUT2D eigenvalue weighted by atomic mass is 9.98. The fraction of sp³-hybridized carbons (Fsp3) is 0.364. The Morgan fingerprint density at radius 1 is 1.19 bits per heavy atom. The van der Waals surface area contributed by atoms with Gasteiger partial charge in [-0.25, -0.2) is 9.59 Å². The Kier molecular flexibility index (Phi) is 5.77. The van der Waals surface area contributed by atoms with Crippen LogP contribution in [0.3, 0.4) is 0 Å². The van der Waals surface area contributed by atoms with Gasteiger partial charge >= 0.3 is 12.0 Å². The van der Waals surface area contributed by atoms with Gasteiger partial charge in [0, 0.05) is 10.9 Å². The van der Waals surface area contributed by atoms with E-state index in [2.05, 4.69) is 10.6 Å². The predicted octanol–water partition coefficient (Wildman–Crippen LogP) is 3.39. The molecule has 1 spiro atoms. The molecule has 162 valence electrons. The number of hydrogen-bond donors (Lipinski definition) is 2. The largest absolute Gasteiger partial charge is 0.462 e. The van der Waals surface area contributed by atoms with Crippen molar-refractivity contribution >= 4 is 40.2 Å². The number of anilines is 1. The minimum atomic E-state index is -0.864. The highest BCUT2D eigenvalue weighted by molar-refractivity contribution is 7.15. The summed E-state index contributed by atoms with van der Waals surface area (Å²) in [4.78, 5) is 51.4. The van der Waals surface area contributed by atoms with Crippen LogP contribution in [-0.2, 0) is 14.3 Å². The van der Waals surface area contributed by atoms with Gasteiger partial charge in [-0.05, 0) is 25.3 Å². The average Bonchev–Trinajstić information content (AvgIpc) is 3.45. The lowest BCUT2D eigenvalue weighted by Crippen LogP contribution is -2.44. The van der Waals surface area contributed by atoms with E-state index in [9.17, 15) is 19.2 Å². The first-order valence-electron chi connectivity index (χ1n) is 10.2. The Morgan fingerprint density at radius 3 is 2.58 bits per heavy atom. The average molecular weight is 442 g/mol. The molecule has 2 aliphatic rings. The van der Waals surface area contributed by atoms with Gasteiger partial charge in [0.2, 0.25) is 5.91 Å². The Hall–Kier alpha value is -3.20. The van der Waals surface area contributed by atoms with Crippen LogP contribution in [0.15, 0.2) is 35.7 Å². The fourth-order valence-corrected chi connectivity index (χ4v) is 5.11. The number of amides is 4. The number of thiophene rings is 1. The molecule has 2 heterocycles. The molecule has 9 heteroatoms. The molecule has 1 saturated carbocycles. The second kappa shape index (κ2) is 8.50. The van der Waals surface area contributed by atoms with Gasteiger partial charge in [-0.1, -0.05) is 43.2 Å². The van der Waals surface area contributed by atoms with E-state index in [1.165, 1.54) is 11.3 Å². The number of hydrogen-bond acceptors (Lipinski definition) is 6. The minimum Gasteiger partial charge on any atom is -0.462 e. The maximum absolute atomic E-state index is 12.8. The van der Waals surface area contributed by atoms with Crippen molar-refractivity contribution in [2.45, 2.75) is 38.1 Å². The Morgan fingerprint density at radius 2 is 1.90 bits per heavy atom. The molecule has 31 heavy (non-hydrogen) atoms. The maximum atomic E-state index is 12.8. The number of rotatable bonds is 6. The topological polar surface area (TPSA) is 105 Å². The number of carbonyl (C=O) groups excluding carboxylic acids is 4. The van der Waals surface area contributed by atoms with E-state index in [1.807, 2.05) is 30.3 Å². The molecule has 1 aliphatic heterocycles. The van der Waals surface area contributed by atoms with Crippen molar-refractivity contribution in [1.82, 2.24) is 10.2 Å². The van der Waals surface area contributed by atoms with Crippen LogP contribution in [0.25, 0.3) is 11.1 Å². The first kappa shape index (κ1) is 21.0. The molecular weight excluding hydrogens is 418 g/mol. The zero-order chi connectivity index (χ0) is 22.0. The van der Waals surface area contributed by atoms with Crippen molar-refractivity contribution in [2.75, 3.05) is 18.5 Å². The van der Waals surface area contributed by atoms with E-state index in [0.717, 1.165) is 23.3 Å². The smallest absolute Gasteiger partial charge is 0.341 e. The molecule has 1 aromatic carbocycles. The van der Waals surface area contributed by atoms with E-state index >= 15 is 0 Å². The van der Waals surface area contributed by atoms with E-state index < -0.39 is 30.0 Å². The third-order valence-electron chi connectivity index (χ3n) is 5.61. The van der Waals surface area contributed by atoms with Crippen LogP contribution < -0.4 is 10.6 Å². The lowest BCUT2D eigenvalue weighted by molar-refractivity contribution is -0.133. The van der Waals surface area contributed by atoms with Crippen LogP contribution in [0, 0.1) is 0 Å². The summed E-state index contributed by atoms with van der Waals surface area (Å²) in [6.45, 7) is 1.50. The highest BCUT2D eigenvalue weighted by atomic mass is 32.1. The standard InChI is InChI=1S/C22H23N3O5S/c1-2-30-19(27)17-15(14-8-4-3-5-9-14)13-31-18(17)23-16(26)12-25-20(28)22(24-21(25)29)10-6-7-11-22/h3-5,8-9,13H,2,6-7,10-12H2,1H3,(H,23,26)(H,24,29). The normalized spacial score (nSPS) is 17.1. The summed E-state index contributed by atoms with van der Waals surface area (Å²) in [7, 11) is 0. The highest BCUT2D eigenvalue weighted by Crippen LogP contribution is 2.37. The molecule has 1 aromatic heterocycles. The SMILES string of the molecule is CCOC(=O)c1c(-c2ccccc2)csc1NC(=O)CN1C(=O)NC2(CCCC2)C1=O. The molecule has 2 N–H and O–H groups in total. The summed E-state index contributed by atoms with van der Waals surface area (Å²) >= 11 is 1.20. The van der Waals surface area contributed by atoms with Crippen molar-refractivity contribution < 1.29 is 23.9 Å². The van der Waals surface area contributed by atoms with E-state index in [-0.39, 0.29) is 18.1 Å². The molecule has 4 rings (SSSR count). The molecule has 0 bridgehead atoms. The molecule has 2 fully saturated rings. The van der Waals surface area contributed by atoms with E-state index in [1.54, 1.807) is 12.3 Å². The number of carbonyl (C=O) groups is 4. The zero-order valence-electron chi connectivity index (χ0n) is 17.1. The number of nitrogens with zero attached hydrogens (tertiary/aromatic N) is 1. The first-order valence-corrected chi connectivity index (χ1v) is 11.1. The van der Waals surface area contributed by atoms with Gasteiger partial charge in [-0.3, -0.25) is 14.5 Å². The van der Waals surface area contributed by atoms with Gasteiger partial charge in [0.15, 0.2) is 0 Å². The van der Waals surface area contributed by atoms with Crippen molar-refractivity contribution in [3.63, 3.8) is 0 Å². The van der Waals surface area contributed by atoms with Crippen LogP contribution in [-0.4, -0.2) is 47.4 Å². The van der Waals surface area contributed by atoms with Crippen LogP contribution in [0.5, 0.6) is 0 Å². The van der Waals surface area contributed by atoms with Gasteiger partial charge in [0.05, 0.1) is 6.61 Å². The van der Waals surface area contributed by atoms with Gasteiger partial charge in [-0.15, -0.1) is 11.3 Å². The van der Waals surface area contributed by atoms with Crippen molar-refractivity contribution in [2.24, 2.45) is 0 Å². The molecule has 0 unspecified atom stereocenters. The summed E-state index contributed by atoms with van der Waals surface area (Å²) in [5.41, 5.74) is 0.867. The summed E-state index contributed by atoms with van der Waals surface area (Å²) in [5, 5.41) is 7.55. The Bertz CT molecular complexity index is 1030. The molecular formula is C22H23N3O5S. The molecule has 8 nitrogen and oxygen atoms in total. The van der Waals surface area contributed by atoms with Crippen LogP contribution >= 0.6 is 11.3 Å². The monoisotopic (exact) mass is 441 g/mol. The molecule has 4 amide bonds. The van der Waals surface area contributed by atoms with Gasteiger partial charge < -0.3 is 15.4 Å². The van der Waals surface area contributed by atoms with Gasteiger partial charge in [0.25, 0.3) is 5.91 Å². The summed E-state index contributed by atoms with van der Waals surface area (Å²) in [6, 6.07) is 8.77. The van der Waals surface area contributed by atoms with Gasteiger partial charge in [0.1, 0.15) is 22.6 Å². The maximum Gasteiger partial charge on any atom is 0.341 e. The number of imide groups is 1. The van der Waals surface area contributed by atoms with Crippen molar-refractivity contribution in [3.05, 3.63) is 41.3 Å². The Balaban J connectivity index is 1.54. The zero-order valence-corrected chi connectivity index (χ0v) is 17.9. The lowest BCUT2D eigenvalue weighted by Gasteiger charge is -2.19. The molecule has 0 atom stereocenters. The van der Waals surface area contributed by atoms with E-state index in [0.29, 0.717) is 23.4 Å². The fourth-order valence-electron chi connectivity index (χ4n) is 4.13. The van der Waals surface area contributed by atoms with E-state index in [4.69, 9.17) is 4.74 Å². The number of nitrogens with one attached hydrogen (secondary N) is 2. The van der Waals surface area contributed by atoms with Crippen LogP contribution in [0.1, 0.15) is 43.0 Å². The van der Waals surface area contributed by atoms with Crippen molar-refractivity contribution in [1.29, 1.82) is 0 Å². The van der Waals surface area contributed by atoms with Crippen molar-refractivity contribution in [3.8, 4) is 11.1 Å². The van der Waals surface area contributed by atoms with Gasteiger partial charge in [-0.2, -0.15) is 0 Å². The minimum absolute atomic E-state index is 0.195. The third-order valence-corrected chi connectivity index (χ3v) is 6.51. The molecule has 2 aromatic rings. The number of ether oxygens (including phenoxy) is 1. The summed E-state index contributed by atoms with van der Waals surface area (Å²) < 4.78 is 5.19. The number of benzene rings is 1. The number of urea groups is 1. The number of esters is 1.